The second-order valence-electron chi connectivity index (χ2n) is 7.67. The molecular formula is C18H36N2O. The third-order valence-electron chi connectivity index (χ3n) is 5.68. The quantitative estimate of drug-likeness (QED) is 0.841. The lowest BCUT2D eigenvalue weighted by Gasteiger charge is -2.49. The molecule has 0 amide bonds. The fourth-order valence-electron chi connectivity index (χ4n) is 4.22. The molecule has 3 unspecified atom stereocenters. The summed E-state index contributed by atoms with van der Waals surface area (Å²) in [6, 6.07) is 2.04. The first-order valence-electron chi connectivity index (χ1n) is 9.12. The molecule has 0 bridgehead atoms. The van der Waals surface area contributed by atoms with Gasteiger partial charge in [-0.3, -0.25) is 4.90 Å². The minimum atomic E-state index is 0.140. The van der Waals surface area contributed by atoms with Gasteiger partial charge in [0.1, 0.15) is 0 Å². The molecule has 3 nitrogen and oxygen atoms in total. The van der Waals surface area contributed by atoms with E-state index in [9.17, 15) is 0 Å². The average Bonchev–Trinajstić information content (AvgIpc) is 2.48. The largest absolute Gasteiger partial charge is 0.375 e. The van der Waals surface area contributed by atoms with Crippen molar-refractivity contribution >= 4 is 0 Å². The number of hydrogen-bond donors (Lipinski definition) is 1. The van der Waals surface area contributed by atoms with Crippen LogP contribution in [-0.2, 0) is 4.74 Å². The monoisotopic (exact) mass is 296 g/mol. The Morgan fingerprint density at radius 2 is 2.00 bits per heavy atom. The molecule has 1 N–H and O–H groups in total. The van der Waals surface area contributed by atoms with Crippen molar-refractivity contribution in [1.29, 1.82) is 0 Å². The standard InChI is InChI=1S/C18H36N2O/c1-6-18(7-2)11-17(8-9-21-18)20-13-16(10-14(3)4)19-12-15(20)5/h14-17,19H,6-13H2,1-5H3. The summed E-state index contributed by atoms with van der Waals surface area (Å²) in [5.41, 5.74) is 0.140. The highest BCUT2D eigenvalue weighted by atomic mass is 16.5. The minimum absolute atomic E-state index is 0.140. The van der Waals surface area contributed by atoms with Crippen molar-refractivity contribution in [2.45, 2.75) is 90.4 Å². The summed E-state index contributed by atoms with van der Waals surface area (Å²) in [5, 5.41) is 3.75. The Balaban J connectivity index is 2.00. The van der Waals surface area contributed by atoms with Crippen LogP contribution in [0.1, 0.15) is 66.7 Å². The molecule has 0 aliphatic carbocycles. The van der Waals surface area contributed by atoms with E-state index < -0.39 is 0 Å². The molecule has 0 aromatic carbocycles. The van der Waals surface area contributed by atoms with Gasteiger partial charge in [0.05, 0.1) is 5.60 Å². The van der Waals surface area contributed by atoms with Gasteiger partial charge < -0.3 is 10.1 Å². The number of piperazine rings is 1. The van der Waals surface area contributed by atoms with Gasteiger partial charge in [-0.2, -0.15) is 0 Å². The lowest BCUT2D eigenvalue weighted by molar-refractivity contribution is -0.117. The number of hydrogen-bond acceptors (Lipinski definition) is 3. The van der Waals surface area contributed by atoms with E-state index in [1.165, 1.54) is 25.8 Å². The van der Waals surface area contributed by atoms with E-state index in [0.717, 1.165) is 31.9 Å². The maximum Gasteiger partial charge on any atom is 0.0692 e. The first-order valence-corrected chi connectivity index (χ1v) is 9.12. The Morgan fingerprint density at radius 1 is 1.29 bits per heavy atom. The summed E-state index contributed by atoms with van der Waals surface area (Å²) < 4.78 is 6.17. The topological polar surface area (TPSA) is 24.5 Å². The maximum atomic E-state index is 6.17. The molecule has 124 valence electrons. The molecule has 21 heavy (non-hydrogen) atoms. The SMILES string of the molecule is CCC1(CC)CC(N2CC(CC(C)C)NCC2C)CCO1. The van der Waals surface area contributed by atoms with Gasteiger partial charge in [0, 0.05) is 37.8 Å². The van der Waals surface area contributed by atoms with Crippen LogP contribution in [0.4, 0.5) is 0 Å². The van der Waals surface area contributed by atoms with Crippen molar-refractivity contribution in [1.82, 2.24) is 10.2 Å². The van der Waals surface area contributed by atoms with E-state index in [1.807, 2.05) is 0 Å². The Bertz CT molecular complexity index is 314. The molecule has 2 rings (SSSR count). The van der Waals surface area contributed by atoms with Crippen molar-refractivity contribution < 1.29 is 4.74 Å². The minimum Gasteiger partial charge on any atom is -0.375 e. The first kappa shape index (κ1) is 17.2. The van der Waals surface area contributed by atoms with Crippen LogP contribution in [0.5, 0.6) is 0 Å². The molecule has 2 saturated heterocycles. The highest BCUT2D eigenvalue weighted by molar-refractivity contribution is 4.94. The maximum absolute atomic E-state index is 6.17. The van der Waals surface area contributed by atoms with Crippen molar-refractivity contribution in [3.05, 3.63) is 0 Å². The normalized spacial score (nSPS) is 34.3. The van der Waals surface area contributed by atoms with E-state index in [2.05, 4.69) is 44.8 Å². The van der Waals surface area contributed by atoms with Crippen LogP contribution in [-0.4, -0.2) is 48.3 Å². The first-order chi connectivity index (χ1) is 9.99. The molecule has 2 heterocycles. The zero-order valence-corrected chi connectivity index (χ0v) is 14.8. The average molecular weight is 296 g/mol. The second kappa shape index (κ2) is 7.43. The summed E-state index contributed by atoms with van der Waals surface area (Å²) in [4.78, 5) is 2.78. The summed E-state index contributed by atoms with van der Waals surface area (Å²) >= 11 is 0. The molecule has 0 radical (unpaired) electrons. The number of nitrogens with one attached hydrogen (secondary N) is 1. The van der Waals surface area contributed by atoms with E-state index in [1.54, 1.807) is 0 Å². The molecule has 0 aromatic rings. The van der Waals surface area contributed by atoms with E-state index in [4.69, 9.17) is 4.74 Å². The number of nitrogens with zero attached hydrogens (tertiary/aromatic N) is 1. The van der Waals surface area contributed by atoms with Gasteiger partial charge in [-0.1, -0.05) is 27.7 Å². The van der Waals surface area contributed by atoms with Crippen molar-refractivity contribution in [3.8, 4) is 0 Å². The third-order valence-corrected chi connectivity index (χ3v) is 5.68. The van der Waals surface area contributed by atoms with Gasteiger partial charge in [-0.25, -0.2) is 0 Å². The molecular weight excluding hydrogens is 260 g/mol. The third kappa shape index (κ3) is 4.20. The van der Waals surface area contributed by atoms with Gasteiger partial charge in [0.15, 0.2) is 0 Å². The molecule has 2 fully saturated rings. The van der Waals surface area contributed by atoms with Crippen LogP contribution < -0.4 is 5.32 Å². The Hall–Kier alpha value is -0.120. The smallest absolute Gasteiger partial charge is 0.0692 e. The lowest BCUT2D eigenvalue weighted by Crippen LogP contribution is -2.61. The molecule has 3 heteroatoms. The zero-order valence-electron chi connectivity index (χ0n) is 14.8. The highest BCUT2D eigenvalue weighted by Gasteiger charge is 2.39. The predicted octanol–water partition coefficient (Wildman–Crippen LogP) is 3.43. The number of ether oxygens (including phenoxy) is 1. The van der Waals surface area contributed by atoms with Crippen LogP contribution in [0.2, 0.25) is 0 Å². The van der Waals surface area contributed by atoms with Gasteiger partial charge in [-0.15, -0.1) is 0 Å². The Morgan fingerprint density at radius 3 is 2.62 bits per heavy atom. The molecule has 0 spiro atoms. The van der Waals surface area contributed by atoms with Crippen LogP contribution >= 0.6 is 0 Å². The molecule has 0 saturated carbocycles. The van der Waals surface area contributed by atoms with Gasteiger partial charge in [0.25, 0.3) is 0 Å². The zero-order chi connectivity index (χ0) is 15.5. The fourth-order valence-corrected chi connectivity index (χ4v) is 4.22. The van der Waals surface area contributed by atoms with Crippen LogP contribution in [0.25, 0.3) is 0 Å². The highest BCUT2D eigenvalue weighted by Crippen LogP contribution is 2.34. The van der Waals surface area contributed by atoms with E-state index in [-0.39, 0.29) is 5.60 Å². The van der Waals surface area contributed by atoms with E-state index in [0.29, 0.717) is 18.1 Å². The van der Waals surface area contributed by atoms with Gasteiger partial charge in [-0.05, 0) is 44.9 Å². The molecule has 2 aliphatic rings. The second-order valence-corrected chi connectivity index (χ2v) is 7.67. The van der Waals surface area contributed by atoms with Crippen molar-refractivity contribution in [2.75, 3.05) is 19.7 Å². The summed E-state index contributed by atoms with van der Waals surface area (Å²) in [7, 11) is 0. The summed E-state index contributed by atoms with van der Waals surface area (Å²) in [6.45, 7) is 14.9. The summed E-state index contributed by atoms with van der Waals surface area (Å²) in [6.07, 6.45) is 6.02. The number of rotatable bonds is 5. The van der Waals surface area contributed by atoms with Gasteiger partial charge >= 0.3 is 0 Å². The lowest BCUT2D eigenvalue weighted by atomic mass is 9.84. The van der Waals surface area contributed by atoms with Crippen LogP contribution in [0.3, 0.4) is 0 Å². The fraction of sp³-hybridized carbons (Fsp3) is 1.00. The van der Waals surface area contributed by atoms with Crippen molar-refractivity contribution in [2.24, 2.45) is 5.92 Å². The van der Waals surface area contributed by atoms with Crippen LogP contribution in [0.15, 0.2) is 0 Å². The predicted molar refractivity (Wildman–Crippen MR) is 89.7 cm³/mol. The van der Waals surface area contributed by atoms with Crippen molar-refractivity contribution in [3.63, 3.8) is 0 Å². The summed E-state index contributed by atoms with van der Waals surface area (Å²) in [5.74, 6) is 0.776. The van der Waals surface area contributed by atoms with E-state index >= 15 is 0 Å². The van der Waals surface area contributed by atoms with Gasteiger partial charge in [0.2, 0.25) is 0 Å². The molecule has 2 aliphatic heterocycles. The Labute approximate surface area is 131 Å². The molecule has 0 aromatic heterocycles. The molecule has 3 atom stereocenters. The Kier molecular flexibility index (Phi) is 6.10. The van der Waals surface area contributed by atoms with Crippen LogP contribution in [0, 0.1) is 5.92 Å².